The standard InChI is InChI=1S/C26H36N6OS2/c1-15-20(23-31-21-16(2)27-11-8-19(21)35-23)22(30-18-7-6-17(14-18)26(33)9-10-26)32-24(29-15)28-12-13-34-25(3,4)5/h8,11,17-18,33H,6-7,9-10,12-14H2,1-5H3,(H2,28,29,30,32)/t17-,18+/m1/s1. The average Bonchev–Trinajstić information content (AvgIpc) is 3.18. The van der Waals surface area contributed by atoms with Gasteiger partial charge in [0, 0.05) is 29.3 Å². The molecule has 0 saturated heterocycles. The summed E-state index contributed by atoms with van der Waals surface area (Å²) in [7, 11) is 0. The van der Waals surface area contributed by atoms with Crippen LogP contribution in [-0.2, 0) is 0 Å². The van der Waals surface area contributed by atoms with Gasteiger partial charge in [0.05, 0.1) is 27.3 Å². The Labute approximate surface area is 216 Å². The van der Waals surface area contributed by atoms with E-state index in [1.165, 1.54) is 0 Å². The number of nitrogens with one attached hydrogen (secondary N) is 2. The van der Waals surface area contributed by atoms with Gasteiger partial charge in [-0.3, -0.25) is 4.98 Å². The molecule has 188 valence electrons. The SMILES string of the molecule is Cc1nc(NCCSC(C)(C)C)nc(N[C@H]2CC[C@@H](C3(O)CC3)C2)c1-c1nc2c(C)nccc2s1. The summed E-state index contributed by atoms with van der Waals surface area (Å²) < 4.78 is 1.36. The Bertz CT molecular complexity index is 1220. The lowest BCUT2D eigenvalue weighted by Crippen LogP contribution is -2.23. The van der Waals surface area contributed by atoms with E-state index in [4.69, 9.17) is 15.0 Å². The highest BCUT2D eigenvalue weighted by Gasteiger charge is 2.50. The number of anilines is 2. The zero-order chi connectivity index (χ0) is 24.8. The fourth-order valence-electron chi connectivity index (χ4n) is 4.95. The summed E-state index contributed by atoms with van der Waals surface area (Å²) in [5.74, 6) is 2.86. The summed E-state index contributed by atoms with van der Waals surface area (Å²) >= 11 is 3.59. The second kappa shape index (κ2) is 9.48. The maximum absolute atomic E-state index is 10.6. The minimum absolute atomic E-state index is 0.236. The third-order valence-electron chi connectivity index (χ3n) is 7.01. The van der Waals surface area contributed by atoms with Gasteiger partial charge >= 0.3 is 0 Å². The molecule has 0 bridgehead atoms. The molecule has 9 heteroatoms. The van der Waals surface area contributed by atoms with Crippen molar-refractivity contribution in [2.75, 3.05) is 22.9 Å². The molecule has 2 aliphatic rings. The van der Waals surface area contributed by atoms with Crippen LogP contribution in [-0.4, -0.2) is 53.7 Å². The highest BCUT2D eigenvalue weighted by molar-refractivity contribution is 8.00. The molecule has 0 radical (unpaired) electrons. The van der Waals surface area contributed by atoms with Gasteiger partial charge in [-0.1, -0.05) is 20.8 Å². The van der Waals surface area contributed by atoms with Crippen molar-refractivity contribution in [1.82, 2.24) is 19.9 Å². The lowest BCUT2D eigenvalue weighted by molar-refractivity contribution is 0.0847. The summed E-state index contributed by atoms with van der Waals surface area (Å²) in [4.78, 5) is 19.1. The molecule has 3 aromatic rings. The number of rotatable bonds is 8. The van der Waals surface area contributed by atoms with Crippen LogP contribution in [0.4, 0.5) is 11.8 Å². The molecule has 3 heterocycles. The van der Waals surface area contributed by atoms with Crippen LogP contribution in [0.3, 0.4) is 0 Å². The fourth-order valence-corrected chi connectivity index (χ4v) is 6.88. The lowest BCUT2D eigenvalue weighted by atomic mass is 9.98. The molecule has 0 aliphatic heterocycles. The van der Waals surface area contributed by atoms with E-state index in [1.807, 2.05) is 37.9 Å². The number of hydrogen-bond acceptors (Lipinski definition) is 9. The number of aryl methyl sites for hydroxylation is 2. The Kier molecular flexibility index (Phi) is 6.70. The Balaban J connectivity index is 1.43. The van der Waals surface area contributed by atoms with E-state index < -0.39 is 5.60 Å². The Morgan fingerprint density at radius 1 is 1.14 bits per heavy atom. The van der Waals surface area contributed by atoms with Crippen LogP contribution in [0, 0.1) is 19.8 Å². The zero-order valence-electron chi connectivity index (χ0n) is 21.3. The van der Waals surface area contributed by atoms with Crippen LogP contribution in [0.1, 0.15) is 64.3 Å². The molecule has 3 aromatic heterocycles. The number of hydrogen-bond donors (Lipinski definition) is 3. The molecule has 0 aromatic carbocycles. The molecule has 3 N–H and O–H groups in total. The topological polar surface area (TPSA) is 95.9 Å². The quantitative estimate of drug-likeness (QED) is 0.325. The first-order chi connectivity index (χ1) is 16.6. The van der Waals surface area contributed by atoms with Gasteiger partial charge in [-0.2, -0.15) is 16.7 Å². The average molecular weight is 513 g/mol. The molecule has 5 rings (SSSR count). The van der Waals surface area contributed by atoms with Gasteiger partial charge < -0.3 is 15.7 Å². The minimum atomic E-state index is -0.421. The third kappa shape index (κ3) is 5.57. The predicted molar refractivity (Wildman–Crippen MR) is 148 cm³/mol. The number of thiazole rings is 1. The van der Waals surface area contributed by atoms with Crippen LogP contribution in [0.5, 0.6) is 0 Å². The van der Waals surface area contributed by atoms with E-state index in [0.717, 1.165) is 82.4 Å². The minimum Gasteiger partial charge on any atom is -0.390 e. The van der Waals surface area contributed by atoms with E-state index >= 15 is 0 Å². The van der Waals surface area contributed by atoms with Gasteiger partial charge in [0.15, 0.2) is 0 Å². The van der Waals surface area contributed by atoms with E-state index in [1.54, 1.807) is 11.3 Å². The van der Waals surface area contributed by atoms with Crippen molar-refractivity contribution in [1.29, 1.82) is 0 Å². The van der Waals surface area contributed by atoms with Crippen molar-refractivity contribution in [3.63, 3.8) is 0 Å². The molecule has 2 saturated carbocycles. The summed E-state index contributed by atoms with van der Waals surface area (Å²) in [6.07, 6.45) is 6.82. The second-order valence-electron chi connectivity index (χ2n) is 11.0. The van der Waals surface area contributed by atoms with Crippen LogP contribution in [0.2, 0.25) is 0 Å². The summed E-state index contributed by atoms with van der Waals surface area (Å²) in [6, 6.07) is 2.31. The van der Waals surface area contributed by atoms with Gasteiger partial charge in [-0.15, -0.1) is 11.3 Å². The van der Waals surface area contributed by atoms with Gasteiger partial charge in [0.2, 0.25) is 5.95 Å². The highest BCUT2D eigenvalue weighted by atomic mass is 32.2. The molecule has 0 unspecified atom stereocenters. The van der Waals surface area contributed by atoms with Gasteiger partial charge in [0.25, 0.3) is 0 Å². The number of fused-ring (bicyclic) bond motifs is 1. The molecule has 35 heavy (non-hydrogen) atoms. The molecule has 2 aliphatic carbocycles. The first-order valence-corrected chi connectivity index (χ1v) is 14.4. The lowest BCUT2D eigenvalue weighted by Gasteiger charge is -2.20. The molecule has 0 spiro atoms. The third-order valence-corrected chi connectivity index (χ3v) is 9.32. The number of aromatic nitrogens is 4. The van der Waals surface area contributed by atoms with Crippen molar-refractivity contribution >= 4 is 45.1 Å². The summed E-state index contributed by atoms with van der Waals surface area (Å²) in [5.41, 5.74) is 3.33. The van der Waals surface area contributed by atoms with Crippen LogP contribution < -0.4 is 10.6 Å². The number of aliphatic hydroxyl groups is 1. The second-order valence-corrected chi connectivity index (χ2v) is 13.9. The van der Waals surface area contributed by atoms with E-state index in [2.05, 4.69) is 36.4 Å². The van der Waals surface area contributed by atoms with Crippen molar-refractivity contribution < 1.29 is 5.11 Å². The largest absolute Gasteiger partial charge is 0.390 e. The van der Waals surface area contributed by atoms with Gasteiger partial charge in [0.1, 0.15) is 16.3 Å². The Morgan fingerprint density at radius 3 is 2.66 bits per heavy atom. The molecule has 2 atom stereocenters. The number of thioether (sulfide) groups is 1. The van der Waals surface area contributed by atoms with Crippen LogP contribution in [0.25, 0.3) is 20.8 Å². The number of pyridine rings is 1. The highest BCUT2D eigenvalue weighted by Crippen LogP contribution is 2.49. The summed E-state index contributed by atoms with van der Waals surface area (Å²) in [6.45, 7) is 11.5. The molecular formula is C26H36N6OS2. The van der Waals surface area contributed by atoms with Crippen molar-refractivity contribution in [3.05, 3.63) is 23.7 Å². The van der Waals surface area contributed by atoms with E-state index in [0.29, 0.717) is 17.9 Å². The molecule has 7 nitrogen and oxygen atoms in total. The van der Waals surface area contributed by atoms with Crippen molar-refractivity contribution in [3.8, 4) is 10.6 Å². The summed E-state index contributed by atoms with van der Waals surface area (Å²) in [5, 5.41) is 18.7. The fraction of sp³-hybridized carbons (Fsp3) is 0.615. The first kappa shape index (κ1) is 24.7. The van der Waals surface area contributed by atoms with Crippen LogP contribution in [0.15, 0.2) is 12.3 Å². The predicted octanol–water partition coefficient (Wildman–Crippen LogP) is 5.81. The Hall–Kier alpha value is -1.97. The first-order valence-electron chi connectivity index (χ1n) is 12.6. The normalized spacial score (nSPS) is 21.4. The molecule has 2 fully saturated rings. The van der Waals surface area contributed by atoms with Gasteiger partial charge in [-0.05, 0) is 57.9 Å². The van der Waals surface area contributed by atoms with Gasteiger partial charge in [-0.25, -0.2) is 9.97 Å². The monoisotopic (exact) mass is 512 g/mol. The van der Waals surface area contributed by atoms with E-state index in [-0.39, 0.29) is 4.75 Å². The maximum Gasteiger partial charge on any atom is 0.224 e. The van der Waals surface area contributed by atoms with Crippen molar-refractivity contribution in [2.24, 2.45) is 5.92 Å². The van der Waals surface area contributed by atoms with Crippen LogP contribution >= 0.6 is 23.1 Å². The molecular weight excluding hydrogens is 476 g/mol. The van der Waals surface area contributed by atoms with Crippen molar-refractivity contribution in [2.45, 2.75) is 83.1 Å². The zero-order valence-corrected chi connectivity index (χ0v) is 22.9. The number of nitrogens with zero attached hydrogens (tertiary/aromatic N) is 4. The molecule has 0 amide bonds. The maximum atomic E-state index is 10.6. The Morgan fingerprint density at radius 2 is 1.94 bits per heavy atom. The smallest absolute Gasteiger partial charge is 0.224 e. The van der Waals surface area contributed by atoms with E-state index in [9.17, 15) is 5.11 Å².